The van der Waals surface area contributed by atoms with E-state index in [-0.39, 0.29) is 17.0 Å². The van der Waals surface area contributed by atoms with Crippen LogP contribution in [-0.2, 0) is 9.84 Å². The number of anilines is 2. The zero-order chi connectivity index (χ0) is 19.7. The van der Waals surface area contributed by atoms with Gasteiger partial charge in [0.15, 0.2) is 0 Å². The van der Waals surface area contributed by atoms with Crippen LogP contribution in [0.2, 0.25) is 5.02 Å². The Balaban J connectivity index is 0.00000280. The van der Waals surface area contributed by atoms with E-state index in [2.05, 4.69) is 25.9 Å². The first-order chi connectivity index (χ1) is 12.8. The van der Waals surface area contributed by atoms with Gasteiger partial charge in [-0.25, -0.2) is 8.42 Å². The molecule has 0 atom stereocenters. The van der Waals surface area contributed by atoms with Crippen LogP contribution in [0.3, 0.4) is 0 Å². The second kappa shape index (κ2) is 9.16. The Morgan fingerprint density at radius 3 is 2.32 bits per heavy atom. The van der Waals surface area contributed by atoms with Crippen LogP contribution in [0.4, 0.5) is 11.4 Å². The van der Waals surface area contributed by atoms with Gasteiger partial charge >= 0.3 is 0 Å². The van der Waals surface area contributed by atoms with Gasteiger partial charge in [0.1, 0.15) is 0 Å². The van der Waals surface area contributed by atoms with Crippen molar-refractivity contribution in [3.8, 4) is 0 Å². The number of unbranched alkanes of at least 4 members (excludes halogenated alkanes) is 1. The van der Waals surface area contributed by atoms with Crippen molar-refractivity contribution >= 4 is 32.8 Å². The Kier molecular flexibility index (Phi) is 7.59. The number of benzene rings is 2. The molecule has 4 nitrogen and oxygen atoms in total. The molecule has 1 aliphatic heterocycles. The van der Waals surface area contributed by atoms with Crippen LogP contribution in [0.15, 0.2) is 52.3 Å². The zero-order valence-corrected chi connectivity index (χ0v) is 19.8. The molecule has 154 valence electrons. The number of sulfone groups is 1. The summed E-state index contributed by atoms with van der Waals surface area (Å²) in [6, 6.07) is 12.3. The van der Waals surface area contributed by atoms with Crippen molar-refractivity contribution in [1.82, 2.24) is 0 Å². The van der Waals surface area contributed by atoms with Gasteiger partial charge in [-0.1, -0.05) is 37.1 Å². The van der Waals surface area contributed by atoms with E-state index in [4.69, 9.17) is 11.6 Å². The minimum absolute atomic E-state index is 0. The van der Waals surface area contributed by atoms with Gasteiger partial charge in [0.2, 0.25) is 9.84 Å². The molecular formula is C21H28BrClN2O2S. The predicted octanol–water partition coefficient (Wildman–Crippen LogP) is 1.89. The second-order valence-electron chi connectivity index (χ2n) is 7.82. The molecule has 0 unspecified atom stereocenters. The number of nitrogens with zero attached hydrogens (tertiary/aromatic N) is 2. The Labute approximate surface area is 184 Å². The maximum absolute atomic E-state index is 13.0. The fourth-order valence-electron chi connectivity index (χ4n) is 3.68. The van der Waals surface area contributed by atoms with Crippen molar-refractivity contribution in [2.24, 2.45) is 0 Å². The van der Waals surface area contributed by atoms with Crippen LogP contribution in [0.5, 0.6) is 0 Å². The summed E-state index contributed by atoms with van der Waals surface area (Å²) in [5.41, 5.74) is 1.42. The molecule has 7 heteroatoms. The molecule has 0 aromatic heterocycles. The molecule has 0 aliphatic carbocycles. The quantitative estimate of drug-likeness (QED) is 0.560. The lowest BCUT2D eigenvalue weighted by molar-refractivity contribution is -0.890. The topological polar surface area (TPSA) is 37.4 Å². The van der Waals surface area contributed by atoms with Crippen molar-refractivity contribution in [3.05, 3.63) is 47.5 Å². The van der Waals surface area contributed by atoms with Crippen molar-refractivity contribution in [2.75, 3.05) is 38.6 Å². The number of hydrogen-bond acceptors (Lipinski definition) is 3. The molecule has 0 spiro atoms. The van der Waals surface area contributed by atoms with E-state index in [0.29, 0.717) is 20.5 Å². The lowest BCUT2D eigenvalue weighted by Gasteiger charge is -2.35. The SMILES string of the molecule is CCCC[N+](C)(C)CCCN1c2ccccc2S(=O)(=O)c2ccc(Cl)cc21.[Br-]. The highest BCUT2D eigenvalue weighted by atomic mass is 79.9. The number of hydrogen-bond donors (Lipinski definition) is 0. The van der Waals surface area contributed by atoms with Gasteiger partial charge in [0.25, 0.3) is 0 Å². The fourth-order valence-corrected chi connectivity index (χ4v) is 5.49. The fraction of sp³-hybridized carbons (Fsp3) is 0.429. The molecule has 0 fully saturated rings. The summed E-state index contributed by atoms with van der Waals surface area (Å²) < 4.78 is 27.0. The number of quaternary nitrogens is 1. The molecule has 1 aliphatic rings. The zero-order valence-electron chi connectivity index (χ0n) is 16.7. The molecule has 0 radical (unpaired) electrons. The molecule has 3 rings (SSSR count). The molecule has 0 bridgehead atoms. The minimum atomic E-state index is -3.52. The summed E-state index contributed by atoms with van der Waals surface area (Å²) in [7, 11) is 0.997. The molecule has 0 N–H and O–H groups in total. The van der Waals surface area contributed by atoms with E-state index >= 15 is 0 Å². The number of fused-ring (bicyclic) bond motifs is 2. The third kappa shape index (κ3) is 4.73. The van der Waals surface area contributed by atoms with Crippen LogP contribution in [0, 0.1) is 0 Å². The van der Waals surface area contributed by atoms with E-state index < -0.39 is 9.84 Å². The highest BCUT2D eigenvalue weighted by Crippen LogP contribution is 2.44. The third-order valence-corrected chi connectivity index (χ3v) is 7.29. The molecule has 1 heterocycles. The molecule has 2 aromatic rings. The Hall–Kier alpha value is -1.08. The van der Waals surface area contributed by atoms with E-state index in [1.165, 1.54) is 12.8 Å². The van der Waals surface area contributed by atoms with Crippen molar-refractivity contribution in [3.63, 3.8) is 0 Å². The van der Waals surface area contributed by atoms with Crippen molar-refractivity contribution < 1.29 is 29.9 Å². The Bertz CT molecular complexity index is 932. The standard InChI is InChI=1S/C21H28ClN2O2S.BrH/c1-4-5-14-24(2,3)15-8-13-23-18-9-6-7-10-20(18)27(25,26)21-12-11-17(22)16-19(21)23;/h6-7,9-12,16H,4-5,8,13-15H2,1-3H3;1H/q+1;/p-1. The number of rotatable bonds is 7. The summed E-state index contributed by atoms with van der Waals surface area (Å²) >= 11 is 6.20. The summed E-state index contributed by atoms with van der Waals surface area (Å²) in [4.78, 5) is 2.82. The van der Waals surface area contributed by atoms with Gasteiger partial charge in [0, 0.05) is 18.0 Å². The molecular weight excluding hydrogens is 460 g/mol. The first-order valence-electron chi connectivity index (χ1n) is 9.49. The van der Waals surface area contributed by atoms with Crippen LogP contribution >= 0.6 is 11.6 Å². The van der Waals surface area contributed by atoms with E-state index in [9.17, 15) is 8.42 Å². The van der Waals surface area contributed by atoms with Gasteiger partial charge in [0.05, 0.1) is 48.4 Å². The predicted molar refractivity (Wildman–Crippen MR) is 112 cm³/mol. The van der Waals surface area contributed by atoms with Crippen molar-refractivity contribution in [1.29, 1.82) is 0 Å². The van der Waals surface area contributed by atoms with Gasteiger partial charge in [-0.15, -0.1) is 0 Å². The molecule has 0 saturated carbocycles. The smallest absolute Gasteiger partial charge is 0.210 e. The lowest BCUT2D eigenvalue weighted by Crippen LogP contribution is -3.00. The Morgan fingerprint density at radius 2 is 1.61 bits per heavy atom. The Morgan fingerprint density at radius 1 is 0.964 bits per heavy atom. The highest BCUT2D eigenvalue weighted by molar-refractivity contribution is 7.92. The van der Waals surface area contributed by atoms with E-state index in [1.54, 1.807) is 30.3 Å². The summed E-state index contributed by atoms with van der Waals surface area (Å²) in [6.45, 7) is 5.17. The molecule has 0 amide bonds. The average molecular weight is 488 g/mol. The van der Waals surface area contributed by atoms with Gasteiger partial charge in [-0.05, 0) is 36.8 Å². The van der Waals surface area contributed by atoms with Crippen molar-refractivity contribution in [2.45, 2.75) is 36.0 Å². The van der Waals surface area contributed by atoms with E-state index in [0.717, 1.165) is 36.2 Å². The van der Waals surface area contributed by atoms with Crippen LogP contribution in [0.25, 0.3) is 0 Å². The summed E-state index contributed by atoms with van der Waals surface area (Å²) in [6.07, 6.45) is 3.39. The number of para-hydroxylation sites is 1. The monoisotopic (exact) mass is 486 g/mol. The van der Waals surface area contributed by atoms with E-state index in [1.807, 2.05) is 12.1 Å². The minimum Gasteiger partial charge on any atom is -1.00 e. The largest absolute Gasteiger partial charge is 1.00 e. The van der Waals surface area contributed by atoms with Crippen LogP contribution in [-0.4, -0.2) is 46.6 Å². The van der Waals surface area contributed by atoms with Gasteiger partial charge < -0.3 is 26.4 Å². The maximum atomic E-state index is 13.0. The molecule has 28 heavy (non-hydrogen) atoms. The summed E-state index contributed by atoms with van der Waals surface area (Å²) in [5.74, 6) is 0. The molecule has 0 saturated heterocycles. The lowest BCUT2D eigenvalue weighted by atomic mass is 10.2. The normalized spacial score (nSPS) is 14.8. The van der Waals surface area contributed by atoms with Gasteiger partial charge in [-0.2, -0.15) is 0 Å². The van der Waals surface area contributed by atoms with Crippen LogP contribution in [0.1, 0.15) is 26.2 Å². The summed E-state index contributed by atoms with van der Waals surface area (Å²) in [5, 5.41) is 0.549. The first-order valence-corrected chi connectivity index (χ1v) is 11.4. The van der Waals surface area contributed by atoms with Crippen LogP contribution < -0.4 is 21.9 Å². The highest BCUT2D eigenvalue weighted by Gasteiger charge is 2.34. The third-order valence-electron chi connectivity index (χ3n) is 5.21. The average Bonchev–Trinajstić information content (AvgIpc) is 2.63. The molecule has 2 aromatic carbocycles. The second-order valence-corrected chi connectivity index (χ2v) is 10.1. The number of halogens is 2. The van der Waals surface area contributed by atoms with Gasteiger partial charge in [-0.3, -0.25) is 0 Å². The first kappa shape index (κ1) is 23.2. The maximum Gasteiger partial charge on any atom is 0.210 e.